The Kier molecular flexibility index (Phi) is 4.33. The van der Waals surface area contributed by atoms with Gasteiger partial charge in [-0.25, -0.2) is 14.1 Å². The van der Waals surface area contributed by atoms with E-state index in [0.717, 1.165) is 32.5 Å². The quantitative estimate of drug-likeness (QED) is 0.293. The number of urea groups is 1. The monoisotopic (exact) mass is 410 g/mol. The van der Waals surface area contributed by atoms with Crippen LogP contribution in [0.15, 0.2) is 84.4 Å². The third-order valence-corrected chi connectivity index (χ3v) is 5.27. The van der Waals surface area contributed by atoms with Crippen molar-refractivity contribution in [3.63, 3.8) is 0 Å². The highest BCUT2D eigenvalue weighted by atomic mass is 19.1. The summed E-state index contributed by atoms with van der Waals surface area (Å²) in [5, 5.41) is 5.82. The van der Waals surface area contributed by atoms with Crippen LogP contribution in [-0.2, 0) is 9.59 Å². The first-order valence-corrected chi connectivity index (χ1v) is 9.60. The molecule has 0 aromatic heterocycles. The van der Waals surface area contributed by atoms with Gasteiger partial charge in [0, 0.05) is 0 Å². The third kappa shape index (κ3) is 3.14. The normalized spacial score (nSPS) is 15.7. The van der Waals surface area contributed by atoms with E-state index >= 15 is 0 Å². The van der Waals surface area contributed by atoms with Gasteiger partial charge < -0.3 is 0 Å². The van der Waals surface area contributed by atoms with Crippen molar-refractivity contribution in [2.45, 2.75) is 0 Å². The summed E-state index contributed by atoms with van der Waals surface area (Å²) >= 11 is 0. The minimum absolute atomic E-state index is 0.0451. The van der Waals surface area contributed by atoms with E-state index in [1.165, 1.54) is 24.3 Å². The maximum atomic E-state index is 13.7. The average molecular weight is 410 g/mol. The van der Waals surface area contributed by atoms with Crippen LogP contribution in [0.5, 0.6) is 0 Å². The first-order valence-electron chi connectivity index (χ1n) is 9.60. The molecule has 1 N–H and O–H groups in total. The molecule has 0 spiro atoms. The number of barbiturate groups is 1. The number of benzene rings is 4. The molecule has 0 atom stereocenters. The van der Waals surface area contributed by atoms with Gasteiger partial charge in [-0.05, 0) is 57.4 Å². The van der Waals surface area contributed by atoms with Crippen LogP contribution in [0.2, 0.25) is 0 Å². The Labute approximate surface area is 176 Å². The summed E-state index contributed by atoms with van der Waals surface area (Å²) in [6, 6.07) is 21.5. The van der Waals surface area contributed by atoms with Crippen LogP contribution in [0, 0.1) is 5.82 Å². The lowest BCUT2D eigenvalue weighted by Gasteiger charge is -2.26. The van der Waals surface area contributed by atoms with Gasteiger partial charge in [-0.3, -0.25) is 14.9 Å². The van der Waals surface area contributed by atoms with Gasteiger partial charge in [-0.2, -0.15) is 0 Å². The molecule has 1 aliphatic heterocycles. The molecule has 0 radical (unpaired) electrons. The van der Waals surface area contributed by atoms with E-state index < -0.39 is 23.7 Å². The summed E-state index contributed by atoms with van der Waals surface area (Å²) in [7, 11) is 0. The minimum atomic E-state index is -0.916. The molecule has 4 aromatic carbocycles. The molecule has 31 heavy (non-hydrogen) atoms. The van der Waals surface area contributed by atoms with Gasteiger partial charge in [0.05, 0.1) is 5.69 Å². The van der Waals surface area contributed by atoms with Crippen LogP contribution < -0.4 is 10.2 Å². The molecule has 1 heterocycles. The van der Waals surface area contributed by atoms with Crippen LogP contribution >= 0.6 is 0 Å². The highest BCUT2D eigenvalue weighted by molar-refractivity contribution is 6.39. The highest BCUT2D eigenvalue weighted by Crippen LogP contribution is 2.31. The predicted octanol–water partition coefficient (Wildman–Crippen LogP) is 4.80. The van der Waals surface area contributed by atoms with E-state index in [9.17, 15) is 18.8 Å². The van der Waals surface area contributed by atoms with Crippen molar-refractivity contribution >= 4 is 51.2 Å². The van der Waals surface area contributed by atoms with Gasteiger partial charge in [0.1, 0.15) is 11.4 Å². The molecule has 1 aliphatic rings. The number of amides is 4. The van der Waals surface area contributed by atoms with Crippen molar-refractivity contribution in [3.8, 4) is 0 Å². The standard InChI is InChI=1S/C25H15FN2O3/c26-17-8-5-9-18(13-17)28-24(30)22(23(29)27-25(28)31)14-21-19-10-3-1-6-15(19)12-16-7-2-4-11-20(16)21/h1-14H,(H,27,29,31)/b22-14+. The van der Waals surface area contributed by atoms with E-state index in [-0.39, 0.29) is 11.3 Å². The number of fused-ring (bicyclic) bond motifs is 2. The Hall–Kier alpha value is -4.32. The van der Waals surface area contributed by atoms with Crippen LogP contribution in [-0.4, -0.2) is 17.8 Å². The summed E-state index contributed by atoms with van der Waals surface area (Å²) in [6.45, 7) is 0. The van der Waals surface area contributed by atoms with Crippen molar-refractivity contribution in [2.75, 3.05) is 4.90 Å². The summed E-state index contributed by atoms with van der Waals surface area (Å²) in [5.41, 5.74) is 0.537. The first kappa shape index (κ1) is 18.7. The number of hydrogen-bond donors (Lipinski definition) is 1. The molecule has 0 aliphatic carbocycles. The fourth-order valence-corrected chi connectivity index (χ4v) is 3.86. The number of hydrogen-bond acceptors (Lipinski definition) is 3. The number of anilines is 1. The summed E-state index contributed by atoms with van der Waals surface area (Å²) in [5.74, 6) is -2.20. The molecular weight excluding hydrogens is 395 g/mol. The number of imide groups is 2. The van der Waals surface area contributed by atoms with Crippen LogP contribution in [0.4, 0.5) is 14.9 Å². The molecule has 0 unspecified atom stereocenters. The number of carbonyl (C=O) groups is 3. The summed E-state index contributed by atoms with van der Waals surface area (Å²) in [4.78, 5) is 38.9. The van der Waals surface area contributed by atoms with Crippen molar-refractivity contribution in [3.05, 3.63) is 95.8 Å². The van der Waals surface area contributed by atoms with E-state index in [0.29, 0.717) is 5.56 Å². The summed E-state index contributed by atoms with van der Waals surface area (Å²) < 4.78 is 13.7. The van der Waals surface area contributed by atoms with E-state index in [2.05, 4.69) is 5.32 Å². The first-order chi connectivity index (χ1) is 15.0. The van der Waals surface area contributed by atoms with Crippen LogP contribution in [0.3, 0.4) is 0 Å². The van der Waals surface area contributed by atoms with Crippen LogP contribution in [0.25, 0.3) is 27.6 Å². The molecule has 0 saturated carbocycles. The van der Waals surface area contributed by atoms with Crippen molar-refractivity contribution in [1.82, 2.24) is 5.32 Å². The largest absolute Gasteiger partial charge is 0.335 e. The van der Waals surface area contributed by atoms with Gasteiger partial charge in [0.15, 0.2) is 0 Å². The number of nitrogens with one attached hydrogen (secondary N) is 1. The molecule has 5 rings (SSSR count). The van der Waals surface area contributed by atoms with E-state index in [1.54, 1.807) is 0 Å². The van der Waals surface area contributed by atoms with Gasteiger partial charge in [0.2, 0.25) is 0 Å². The lowest BCUT2D eigenvalue weighted by molar-refractivity contribution is -0.122. The van der Waals surface area contributed by atoms with Gasteiger partial charge in [-0.15, -0.1) is 0 Å². The smallest absolute Gasteiger partial charge is 0.273 e. The molecule has 1 fully saturated rings. The maximum absolute atomic E-state index is 13.7. The summed E-state index contributed by atoms with van der Waals surface area (Å²) in [6.07, 6.45) is 1.50. The highest BCUT2D eigenvalue weighted by Gasteiger charge is 2.37. The Balaban J connectivity index is 1.73. The lowest BCUT2D eigenvalue weighted by atomic mass is 9.94. The topological polar surface area (TPSA) is 66.5 Å². The second-order valence-corrected chi connectivity index (χ2v) is 7.17. The van der Waals surface area contributed by atoms with Crippen molar-refractivity contribution < 1.29 is 18.8 Å². The van der Waals surface area contributed by atoms with E-state index in [4.69, 9.17) is 0 Å². The number of rotatable bonds is 2. The predicted molar refractivity (Wildman–Crippen MR) is 117 cm³/mol. The zero-order chi connectivity index (χ0) is 21.5. The van der Waals surface area contributed by atoms with Gasteiger partial charge in [0.25, 0.3) is 11.8 Å². The molecule has 6 heteroatoms. The van der Waals surface area contributed by atoms with Crippen molar-refractivity contribution in [2.24, 2.45) is 0 Å². The Bertz CT molecular complexity index is 1390. The molecule has 1 saturated heterocycles. The number of halogens is 1. The average Bonchev–Trinajstić information content (AvgIpc) is 2.76. The number of nitrogens with zero attached hydrogens (tertiary/aromatic N) is 1. The second kappa shape index (κ2) is 7.18. The third-order valence-electron chi connectivity index (χ3n) is 5.27. The maximum Gasteiger partial charge on any atom is 0.335 e. The zero-order valence-corrected chi connectivity index (χ0v) is 16.1. The number of carbonyl (C=O) groups excluding carboxylic acids is 3. The fraction of sp³-hybridized carbons (Fsp3) is 0. The Morgan fingerprint density at radius 2 is 1.42 bits per heavy atom. The van der Waals surface area contributed by atoms with E-state index in [1.807, 2.05) is 54.6 Å². The molecule has 4 aromatic rings. The molecule has 0 bridgehead atoms. The lowest BCUT2D eigenvalue weighted by Crippen LogP contribution is -2.54. The zero-order valence-electron chi connectivity index (χ0n) is 16.1. The van der Waals surface area contributed by atoms with Gasteiger partial charge >= 0.3 is 6.03 Å². The minimum Gasteiger partial charge on any atom is -0.273 e. The van der Waals surface area contributed by atoms with Crippen molar-refractivity contribution in [1.29, 1.82) is 0 Å². The second-order valence-electron chi connectivity index (χ2n) is 7.17. The SMILES string of the molecule is O=C1NC(=O)N(c2cccc(F)c2)C(=O)/C1=C/c1c2ccccc2cc2ccccc12. The molecule has 4 amide bonds. The Morgan fingerprint density at radius 1 is 0.774 bits per heavy atom. The Morgan fingerprint density at radius 3 is 2.06 bits per heavy atom. The molecule has 5 nitrogen and oxygen atoms in total. The van der Waals surface area contributed by atoms with Crippen LogP contribution in [0.1, 0.15) is 5.56 Å². The fourth-order valence-electron chi connectivity index (χ4n) is 3.86. The molecular formula is C25H15FN2O3. The molecule has 150 valence electrons. The van der Waals surface area contributed by atoms with Gasteiger partial charge in [-0.1, -0.05) is 54.6 Å².